The van der Waals surface area contributed by atoms with Crippen LogP contribution in [0.15, 0.2) is 0 Å². The number of hydrogen-bond acceptors (Lipinski definition) is 3. The average Bonchev–Trinajstić information content (AvgIpc) is 2.96. The van der Waals surface area contributed by atoms with Gasteiger partial charge < -0.3 is 9.64 Å². The lowest BCUT2D eigenvalue weighted by molar-refractivity contribution is -0.132. The number of methoxy groups -OCH3 is 1. The molecule has 1 N–H and O–H groups in total. The van der Waals surface area contributed by atoms with Gasteiger partial charge in [0.15, 0.2) is 0 Å². The van der Waals surface area contributed by atoms with Crippen LogP contribution in [0.4, 0.5) is 0 Å². The zero-order chi connectivity index (χ0) is 14.7. The highest BCUT2D eigenvalue weighted by atomic mass is 16.5. The highest BCUT2D eigenvalue weighted by molar-refractivity contribution is 5.84. The zero-order valence-corrected chi connectivity index (χ0v) is 13.4. The Morgan fingerprint density at radius 3 is 2.70 bits per heavy atom. The summed E-state index contributed by atoms with van der Waals surface area (Å²) < 4.78 is 5.46. The first-order valence-corrected chi connectivity index (χ1v) is 8.17. The summed E-state index contributed by atoms with van der Waals surface area (Å²) in [5.74, 6) is 0.868. The number of hydrogen-bond donors (Lipinski definition) is 1. The van der Waals surface area contributed by atoms with Crippen LogP contribution in [-0.2, 0) is 9.53 Å². The first kappa shape index (κ1) is 15.8. The molecule has 4 unspecified atom stereocenters. The fourth-order valence-electron chi connectivity index (χ4n) is 3.67. The summed E-state index contributed by atoms with van der Waals surface area (Å²) in [6.07, 6.45) is 6.83. The van der Waals surface area contributed by atoms with Crippen LogP contribution in [0.5, 0.6) is 0 Å². The van der Waals surface area contributed by atoms with Crippen molar-refractivity contribution in [3.63, 3.8) is 0 Å². The van der Waals surface area contributed by atoms with Gasteiger partial charge >= 0.3 is 0 Å². The number of ether oxygens (including phenoxy) is 1. The minimum atomic E-state index is 0.0214. The Morgan fingerprint density at radius 1 is 1.40 bits per heavy atom. The molecular weight excluding hydrogens is 252 g/mol. The van der Waals surface area contributed by atoms with Crippen molar-refractivity contribution in [3.8, 4) is 0 Å². The molecule has 1 amide bonds. The fourth-order valence-corrected chi connectivity index (χ4v) is 3.67. The second-order valence-electron chi connectivity index (χ2n) is 6.72. The van der Waals surface area contributed by atoms with Gasteiger partial charge in [-0.2, -0.15) is 0 Å². The Bertz CT molecular complexity index is 332. The summed E-state index contributed by atoms with van der Waals surface area (Å²) in [5, 5.41) is 3.57. The van der Waals surface area contributed by atoms with E-state index in [1.807, 2.05) is 0 Å². The SMILES string of the molecule is CCCC1NC(CC(C)C)C(=O)N1C1CCC(OC)C1. The molecule has 0 aromatic rings. The molecule has 0 aromatic heterocycles. The Kier molecular flexibility index (Phi) is 5.44. The largest absolute Gasteiger partial charge is 0.381 e. The van der Waals surface area contributed by atoms with E-state index in [9.17, 15) is 4.79 Å². The Morgan fingerprint density at radius 2 is 2.15 bits per heavy atom. The van der Waals surface area contributed by atoms with Gasteiger partial charge in [0.1, 0.15) is 0 Å². The van der Waals surface area contributed by atoms with E-state index >= 15 is 0 Å². The van der Waals surface area contributed by atoms with E-state index in [0.717, 1.165) is 38.5 Å². The maximum absolute atomic E-state index is 12.7. The van der Waals surface area contributed by atoms with Crippen LogP contribution in [0.25, 0.3) is 0 Å². The van der Waals surface area contributed by atoms with Gasteiger partial charge in [0.2, 0.25) is 5.91 Å². The molecule has 0 radical (unpaired) electrons. The van der Waals surface area contributed by atoms with Crippen LogP contribution in [-0.4, -0.2) is 42.3 Å². The van der Waals surface area contributed by atoms with Crippen LogP contribution >= 0.6 is 0 Å². The third-order valence-corrected chi connectivity index (χ3v) is 4.63. The molecular formula is C16H30N2O2. The highest BCUT2D eigenvalue weighted by Crippen LogP contribution is 2.31. The molecule has 1 saturated heterocycles. The normalized spacial score (nSPS) is 34.5. The van der Waals surface area contributed by atoms with Crippen molar-refractivity contribution in [2.75, 3.05) is 7.11 Å². The van der Waals surface area contributed by atoms with Gasteiger partial charge in [-0.1, -0.05) is 27.2 Å². The molecule has 116 valence electrons. The summed E-state index contributed by atoms with van der Waals surface area (Å²) in [5.41, 5.74) is 0. The van der Waals surface area contributed by atoms with Crippen LogP contribution in [0.2, 0.25) is 0 Å². The van der Waals surface area contributed by atoms with Crippen LogP contribution in [0.3, 0.4) is 0 Å². The van der Waals surface area contributed by atoms with Crippen molar-refractivity contribution in [1.82, 2.24) is 10.2 Å². The van der Waals surface area contributed by atoms with Gasteiger partial charge in [0, 0.05) is 13.2 Å². The molecule has 20 heavy (non-hydrogen) atoms. The van der Waals surface area contributed by atoms with Gasteiger partial charge in [-0.3, -0.25) is 10.1 Å². The summed E-state index contributed by atoms with van der Waals surface area (Å²) in [6, 6.07) is 0.391. The standard InChI is InChI=1S/C16H30N2O2/c1-5-6-15-17-14(9-11(2)3)16(19)18(15)12-7-8-13(10-12)20-4/h11-15,17H,5-10H2,1-4H3. The minimum absolute atomic E-state index is 0.0214. The van der Waals surface area contributed by atoms with Gasteiger partial charge in [-0.05, 0) is 38.0 Å². The van der Waals surface area contributed by atoms with E-state index in [0.29, 0.717) is 24.0 Å². The van der Waals surface area contributed by atoms with Crippen LogP contribution in [0.1, 0.15) is 59.3 Å². The van der Waals surface area contributed by atoms with Gasteiger partial charge in [-0.15, -0.1) is 0 Å². The maximum Gasteiger partial charge on any atom is 0.241 e. The molecule has 1 heterocycles. The molecule has 1 aliphatic carbocycles. The second-order valence-corrected chi connectivity index (χ2v) is 6.72. The highest BCUT2D eigenvalue weighted by Gasteiger charge is 2.44. The van der Waals surface area contributed by atoms with E-state index in [-0.39, 0.29) is 12.2 Å². The molecule has 4 nitrogen and oxygen atoms in total. The number of carbonyl (C=O) groups is 1. The summed E-state index contributed by atoms with van der Waals surface area (Å²) in [4.78, 5) is 14.9. The monoisotopic (exact) mass is 282 g/mol. The van der Waals surface area contributed by atoms with Crippen molar-refractivity contribution in [3.05, 3.63) is 0 Å². The van der Waals surface area contributed by atoms with E-state index in [4.69, 9.17) is 4.74 Å². The van der Waals surface area contributed by atoms with Crippen molar-refractivity contribution < 1.29 is 9.53 Å². The third-order valence-electron chi connectivity index (χ3n) is 4.63. The van der Waals surface area contributed by atoms with Crippen molar-refractivity contribution in [2.45, 2.75) is 83.6 Å². The molecule has 2 rings (SSSR count). The van der Waals surface area contributed by atoms with E-state index in [1.165, 1.54) is 0 Å². The van der Waals surface area contributed by atoms with Crippen molar-refractivity contribution >= 4 is 5.91 Å². The predicted octanol–water partition coefficient (Wildman–Crippen LogP) is 2.53. The van der Waals surface area contributed by atoms with Crippen LogP contribution < -0.4 is 5.32 Å². The second kappa shape index (κ2) is 6.90. The van der Waals surface area contributed by atoms with Gasteiger partial charge in [-0.25, -0.2) is 0 Å². The smallest absolute Gasteiger partial charge is 0.241 e. The van der Waals surface area contributed by atoms with Crippen molar-refractivity contribution in [1.29, 1.82) is 0 Å². The summed E-state index contributed by atoms with van der Waals surface area (Å²) in [7, 11) is 1.78. The summed E-state index contributed by atoms with van der Waals surface area (Å²) >= 11 is 0. The van der Waals surface area contributed by atoms with E-state index in [1.54, 1.807) is 7.11 Å². The van der Waals surface area contributed by atoms with Gasteiger partial charge in [0.25, 0.3) is 0 Å². The van der Waals surface area contributed by atoms with E-state index in [2.05, 4.69) is 31.0 Å². The number of nitrogens with one attached hydrogen (secondary N) is 1. The molecule has 0 aromatic carbocycles. The van der Waals surface area contributed by atoms with Crippen molar-refractivity contribution in [2.24, 2.45) is 5.92 Å². The summed E-state index contributed by atoms with van der Waals surface area (Å²) in [6.45, 7) is 6.55. The molecule has 1 aliphatic heterocycles. The molecule has 2 fully saturated rings. The first-order valence-electron chi connectivity index (χ1n) is 8.17. The number of amides is 1. The number of carbonyl (C=O) groups excluding carboxylic acids is 1. The van der Waals surface area contributed by atoms with Gasteiger partial charge in [0.05, 0.1) is 18.3 Å². The molecule has 4 heteroatoms. The number of nitrogens with zero attached hydrogens (tertiary/aromatic N) is 1. The topological polar surface area (TPSA) is 41.6 Å². The Balaban J connectivity index is 2.05. The Labute approximate surface area is 123 Å². The molecule has 0 bridgehead atoms. The lowest BCUT2D eigenvalue weighted by atomic mass is 10.0. The number of rotatable bonds is 6. The minimum Gasteiger partial charge on any atom is -0.381 e. The maximum atomic E-state index is 12.7. The third kappa shape index (κ3) is 3.34. The van der Waals surface area contributed by atoms with Crippen LogP contribution in [0, 0.1) is 5.92 Å². The lowest BCUT2D eigenvalue weighted by Crippen LogP contribution is -2.43. The quantitative estimate of drug-likeness (QED) is 0.814. The zero-order valence-electron chi connectivity index (χ0n) is 13.4. The molecule has 2 aliphatic rings. The molecule has 1 saturated carbocycles. The molecule has 4 atom stereocenters. The van der Waals surface area contributed by atoms with E-state index < -0.39 is 0 Å². The Hall–Kier alpha value is -0.610. The first-order chi connectivity index (χ1) is 9.56. The fraction of sp³-hybridized carbons (Fsp3) is 0.938. The lowest BCUT2D eigenvalue weighted by Gasteiger charge is -2.30. The molecule has 0 spiro atoms. The average molecular weight is 282 g/mol. The predicted molar refractivity (Wildman–Crippen MR) is 80.4 cm³/mol.